The van der Waals surface area contributed by atoms with Gasteiger partial charge in [0.2, 0.25) is 5.75 Å². The summed E-state index contributed by atoms with van der Waals surface area (Å²) in [6.45, 7) is 12.0. The molecule has 0 saturated heterocycles. The van der Waals surface area contributed by atoms with E-state index in [1.54, 1.807) is 11.3 Å². The van der Waals surface area contributed by atoms with E-state index in [4.69, 9.17) is 18.9 Å². The molecule has 5 rings (SSSR count). The lowest BCUT2D eigenvalue weighted by atomic mass is 9.71. The molecule has 0 aliphatic carbocycles. The molecule has 16 nitrogen and oxygen atoms in total. The lowest BCUT2D eigenvalue weighted by molar-refractivity contribution is -0.385. The van der Waals surface area contributed by atoms with Gasteiger partial charge in [0.05, 0.1) is 38.1 Å². The SMILES string of the molecule is C=CC[C@H]1C(=O)C(C)(C)[C@@H](OC(=O)OCc2ccc(OC(=O)CCCN3C(=O)C=CC3=O)c([N+](=O)[O-])c2)CC(=O)O[C@H](c2ccc3sc(C)nc3c2)C/C=C(/C)CCC[C@H](C)[C@@H]1O. The molecule has 17 heteroatoms. The van der Waals surface area contributed by atoms with Crippen molar-refractivity contribution in [2.24, 2.45) is 17.3 Å². The third kappa shape index (κ3) is 12.5. The number of nitrogens with zero attached hydrogens (tertiary/aromatic N) is 3. The highest BCUT2D eigenvalue weighted by Gasteiger charge is 2.46. The standard InChI is InChI=1S/C46H53N3O13S/c1-7-10-32-43(54)28(3)12-8-11-27(2)14-17-35(31-16-19-37-33(24-31)47-29(4)63-37)60-42(53)25-38(46(5,6)44(32)55)62-45(56)59-26-30-15-18-36(34(23-30)49(57)58)61-41(52)13-9-22-48-39(50)20-21-40(48)51/h7,14-16,18-21,23-24,28,32,35,38,43,54H,1,8-13,17,22,25-26H2,2-6H3/b27-14-/t28-,32+,35-,38-,43-/m0/s1. The highest BCUT2D eigenvalue weighted by atomic mass is 32.1. The maximum absolute atomic E-state index is 14.5. The number of allylic oxidation sites excluding steroid dienone is 2. The fraction of sp³-hybridized carbons (Fsp3) is 0.457. The topological polar surface area (TPSA) is 219 Å². The van der Waals surface area contributed by atoms with Crippen LogP contribution in [-0.4, -0.2) is 74.4 Å². The van der Waals surface area contributed by atoms with Crippen LogP contribution in [0.3, 0.4) is 0 Å². The average molecular weight is 888 g/mol. The van der Waals surface area contributed by atoms with E-state index in [0.717, 1.165) is 62.8 Å². The molecule has 0 saturated carbocycles. The number of fused-ring (bicyclic) bond motifs is 1. The van der Waals surface area contributed by atoms with Gasteiger partial charge in [0.15, 0.2) is 0 Å². The van der Waals surface area contributed by atoms with Crippen molar-refractivity contribution in [1.82, 2.24) is 9.88 Å². The molecule has 0 unspecified atom stereocenters. The number of ether oxygens (including phenoxy) is 4. The minimum Gasteiger partial charge on any atom is -0.457 e. The van der Waals surface area contributed by atoms with Crippen LogP contribution in [0.15, 0.2) is 72.9 Å². The van der Waals surface area contributed by atoms with Gasteiger partial charge in [-0.1, -0.05) is 36.8 Å². The van der Waals surface area contributed by atoms with Gasteiger partial charge >= 0.3 is 23.8 Å². The lowest BCUT2D eigenvalue weighted by Gasteiger charge is -2.37. The molecule has 2 aliphatic heterocycles. The number of aryl methyl sites for hydroxylation is 1. The molecule has 63 heavy (non-hydrogen) atoms. The highest BCUT2D eigenvalue weighted by Crippen LogP contribution is 2.37. The van der Waals surface area contributed by atoms with Crippen LogP contribution < -0.4 is 4.74 Å². The van der Waals surface area contributed by atoms with Gasteiger partial charge in [-0.05, 0) is 95.0 Å². The van der Waals surface area contributed by atoms with Gasteiger partial charge in [-0.3, -0.25) is 39.0 Å². The second kappa shape index (κ2) is 21.3. The number of ketones is 1. The number of hydrogen-bond acceptors (Lipinski definition) is 15. The minimum absolute atomic E-state index is 0.0415. The van der Waals surface area contributed by atoms with E-state index in [1.807, 2.05) is 45.0 Å². The summed E-state index contributed by atoms with van der Waals surface area (Å²) in [5.41, 5.74) is 0.475. The molecule has 0 radical (unpaired) electrons. The van der Waals surface area contributed by atoms with Gasteiger partial charge in [0.25, 0.3) is 11.8 Å². The Hall–Kier alpha value is -6.07. The number of thiazole rings is 1. The van der Waals surface area contributed by atoms with E-state index in [-0.39, 0.29) is 43.0 Å². The maximum atomic E-state index is 14.5. The smallest absolute Gasteiger partial charge is 0.457 e. The van der Waals surface area contributed by atoms with Gasteiger partial charge in [0.1, 0.15) is 24.6 Å². The molecule has 2 aliphatic rings. The quantitative estimate of drug-likeness (QED) is 0.0454. The Kier molecular flexibility index (Phi) is 16.2. The lowest BCUT2D eigenvalue weighted by Crippen LogP contribution is -2.48. The third-order valence-corrected chi connectivity index (χ3v) is 12.3. The summed E-state index contributed by atoms with van der Waals surface area (Å²) in [5.74, 6) is -4.69. The van der Waals surface area contributed by atoms with Gasteiger partial charge in [-0.25, -0.2) is 9.78 Å². The van der Waals surface area contributed by atoms with Crippen LogP contribution in [0.1, 0.15) is 101 Å². The van der Waals surface area contributed by atoms with E-state index < -0.39 is 89.0 Å². The number of aliphatic hydroxyl groups excluding tert-OH is 1. The van der Waals surface area contributed by atoms with Gasteiger partial charge in [-0.2, -0.15) is 0 Å². The molecule has 1 N–H and O–H groups in total. The van der Waals surface area contributed by atoms with Crippen molar-refractivity contribution < 1.29 is 57.7 Å². The number of carbonyl (C=O) groups excluding carboxylic acids is 6. The summed E-state index contributed by atoms with van der Waals surface area (Å²) in [6, 6.07) is 9.22. The largest absolute Gasteiger partial charge is 0.508 e. The summed E-state index contributed by atoms with van der Waals surface area (Å²) in [4.78, 5) is 94.6. The Bertz CT molecular complexity index is 2300. The fourth-order valence-corrected chi connectivity index (χ4v) is 8.40. The molecule has 3 heterocycles. The first kappa shape index (κ1) is 48.0. The number of cyclic esters (lactones) is 1. The van der Waals surface area contributed by atoms with Gasteiger partial charge < -0.3 is 24.1 Å². The van der Waals surface area contributed by atoms with Crippen molar-refractivity contribution in [2.45, 2.75) is 111 Å². The molecular weight excluding hydrogens is 835 g/mol. The number of aliphatic hydroxyl groups is 1. The highest BCUT2D eigenvalue weighted by molar-refractivity contribution is 7.18. The van der Waals surface area contributed by atoms with Crippen molar-refractivity contribution in [1.29, 1.82) is 0 Å². The summed E-state index contributed by atoms with van der Waals surface area (Å²) in [7, 11) is 0. The van der Waals surface area contributed by atoms with Crippen molar-refractivity contribution >= 4 is 62.9 Å². The van der Waals surface area contributed by atoms with Gasteiger partial charge in [0, 0.05) is 43.5 Å². The molecule has 2 aromatic carbocycles. The van der Waals surface area contributed by atoms with Gasteiger partial charge in [-0.15, -0.1) is 17.9 Å². The normalized spacial score (nSPS) is 23.2. The average Bonchev–Trinajstić information content (AvgIpc) is 3.77. The Balaban J connectivity index is 1.34. The number of rotatable bonds is 12. The van der Waals surface area contributed by atoms with Crippen LogP contribution in [0.25, 0.3) is 10.2 Å². The van der Waals surface area contributed by atoms with Crippen molar-refractivity contribution in [3.05, 3.63) is 99.1 Å². The third-order valence-electron chi connectivity index (χ3n) is 11.3. The van der Waals surface area contributed by atoms with Crippen LogP contribution in [-0.2, 0) is 44.8 Å². The Morgan fingerprint density at radius 1 is 1.11 bits per heavy atom. The molecular formula is C46H53N3O13S. The number of amides is 2. The van der Waals surface area contributed by atoms with Crippen LogP contribution in [0.4, 0.5) is 10.5 Å². The fourth-order valence-electron chi connectivity index (χ4n) is 7.59. The van der Waals surface area contributed by atoms with E-state index >= 15 is 0 Å². The summed E-state index contributed by atoms with van der Waals surface area (Å²) in [6.07, 6.45) is 3.06. The number of Topliss-reactive ketones (excluding diaryl/α,β-unsaturated/α-hetero) is 1. The molecule has 0 spiro atoms. The minimum atomic E-state index is -1.58. The maximum Gasteiger partial charge on any atom is 0.508 e. The van der Waals surface area contributed by atoms with Crippen LogP contribution in [0.2, 0.25) is 0 Å². The van der Waals surface area contributed by atoms with Crippen LogP contribution >= 0.6 is 11.3 Å². The summed E-state index contributed by atoms with van der Waals surface area (Å²) in [5, 5.41) is 24.4. The molecule has 1 aromatic heterocycles. The Morgan fingerprint density at radius 3 is 2.54 bits per heavy atom. The van der Waals surface area contributed by atoms with Crippen LogP contribution in [0.5, 0.6) is 5.75 Å². The number of hydrogen-bond donors (Lipinski definition) is 1. The zero-order valence-electron chi connectivity index (χ0n) is 36.0. The molecule has 0 bridgehead atoms. The first-order valence-electron chi connectivity index (χ1n) is 20.8. The second-order valence-corrected chi connectivity index (χ2v) is 17.7. The first-order chi connectivity index (χ1) is 29.9. The number of nitro groups is 1. The zero-order valence-corrected chi connectivity index (χ0v) is 36.9. The number of nitro benzene ring substituents is 1. The monoisotopic (exact) mass is 887 g/mol. The molecule has 5 atom stereocenters. The van der Waals surface area contributed by atoms with E-state index in [1.165, 1.54) is 26.0 Å². The van der Waals surface area contributed by atoms with E-state index in [9.17, 15) is 44.0 Å². The number of benzene rings is 2. The summed E-state index contributed by atoms with van der Waals surface area (Å²) >= 11 is 1.54. The molecule has 0 fully saturated rings. The molecule has 336 valence electrons. The second-order valence-electron chi connectivity index (χ2n) is 16.4. The number of aromatic nitrogens is 1. The molecule has 2 amide bonds. The Morgan fingerprint density at radius 2 is 1.84 bits per heavy atom. The zero-order chi connectivity index (χ0) is 46.0. The van der Waals surface area contributed by atoms with Crippen molar-refractivity contribution in [2.75, 3.05) is 6.54 Å². The predicted octanol–water partition coefficient (Wildman–Crippen LogP) is 8.12. The number of carbonyl (C=O) groups is 6. The number of esters is 2. The number of imide groups is 1. The summed E-state index contributed by atoms with van der Waals surface area (Å²) < 4.78 is 23.4. The predicted molar refractivity (Wildman–Crippen MR) is 231 cm³/mol. The van der Waals surface area contributed by atoms with Crippen molar-refractivity contribution in [3.8, 4) is 5.75 Å². The first-order valence-corrected chi connectivity index (χ1v) is 21.6. The van der Waals surface area contributed by atoms with E-state index in [0.29, 0.717) is 18.4 Å². The Labute approximate surface area is 369 Å². The van der Waals surface area contributed by atoms with Crippen molar-refractivity contribution in [3.63, 3.8) is 0 Å². The van der Waals surface area contributed by atoms with Crippen LogP contribution in [0, 0.1) is 34.3 Å². The molecule has 3 aromatic rings. The van der Waals surface area contributed by atoms with E-state index in [2.05, 4.69) is 11.6 Å².